The summed E-state index contributed by atoms with van der Waals surface area (Å²) in [6, 6.07) is 4.27. The van der Waals surface area contributed by atoms with E-state index in [1.54, 1.807) is 0 Å². The van der Waals surface area contributed by atoms with Gasteiger partial charge in [-0.1, -0.05) is 17.7 Å². The molecule has 6 radical (unpaired) electrons. The minimum Gasteiger partial charge on any atom is -0.141 e. The van der Waals surface area contributed by atoms with Crippen molar-refractivity contribution in [1.82, 2.24) is 0 Å². The molecule has 0 aliphatic carbocycles. The van der Waals surface area contributed by atoms with Crippen LogP contribution in [0.4, 0.5) is 0 Å². The monoisotopic (exact) mass is 170 g/mol. The van der Waals surface area contributed by atoms with Gasteiger partial charge in [0, 0.05) is 0 Å². The Labute approximate surface area is 86.3 Å². The van der Waals surface area contributed by atoms with Crippen molar-refractivity contribution in [2.75, 3.05) is 0 Å². The van der Waals surface area contributed by atoms with Gasteiger partial charge in [-0.25, -0.2) is 0 Å². The Hall–Kier alpha value is 0.817. The Kier molecular flexibility index (Phi) is 3.10. The highest BCUT2D eigenvalue weighted by Crippen LogP contribution is 1.82. The van der Waals surface area contributed by atoms with Crippen LogP contribution in [0, 0.1) is 6.92 Å². The molecule has 0 aromatic heterocycles. The highest BCUT2D eigenvalue weighted by atomic mass is 27.1. The molecule has 42 valence electrons. The SMILES string of the molecule is Cc1[c]([Al])c[c]([Al])c[c]1[Al]. The summed E-state index contributed by atoms with van der Waals surface area (Å²) in [6.07, 6.45) is 0. The zero-order valence-corrected chi connectivity index (χ0v) is 9.35. The summed E-state index contributed by atoms with van der Waals surface area (Å²) in [4.78, 5) is 0. The van der Waals surface area contributed by atoms with Crippen LogP contribution < -0.4 is 13.3 Å². The van der Waals surface area contributed by atoms with E-state index in [1.165, 1.54) is 18.8 Å². The van der Waals surface area contributed by atoms with E-state index >= 15 is 0 Å². The summed E-state index contributed by atoms with van der Waals surface area (Å²) >= 11 is 8.15. The van der Waals surface area contributed by atoms with Crippen LogP contribution in [0.5, 0.6) is 0 Å². The smallest absolute Gasteiger partial charge is 0.141 e. The Morgan fingerprint density at radius 2 is 1.40 bits per heavy atom. The third-order valence-corrected chi connectivity index (χ3v) is 3.04. The molecule has 0 amide bonds. The summed E-state index contributed by atoms with van der Waals surface area (Å²) in [7, 11) is 0. The molecule has 0 saturated carbocycles. The van der Waals surface area contributed by atoms with Crippen molar-refractivity contribution in [3.05, 3.63) is 17.7 Å². The number of rotatable bonds is 0. The molecular formula is C7H5Al3. The largest absolute Gasteiger partial charge is 0.175 e. The van der Waals surface area contributed by atoms with Crippen LogP contribution in [-0.2, 0) is 0 Å². The third kappa shape index (κ3) is 1.91. The van der Waals surface area contributed by atoms with E-state index in [-0.39, 0.29) is 0 Å². The van der Waals surface area contributed by atoms with Gasteiger partial charge in [0.25, 0.3) is 0 Å². The summed E-state index contributed by atoms with van der Waals surface area (Å²) in [5.74, 6) is 0. The van der Waals surface area contributed by atoms with Crippen molar-refractivity contribution >= 4 is 62.1 Å². The Balaban J connectivity index is 3.31. The Morgan fingerprint density at radius 1 is 1.00 bits per heavy atom. The van der Waals surface area contributed by atoms with Gasteiger partial charge in [-0.15, -0.1) is 13.3 Å². The van der Waals surface area contributed by atoms with Crippen LogP contribution in [-0.4, -0.2) is 48.9 Å². The van der Waals surface area contributed by atoms with Gasteiger partial charge in [0.15, 0.2) is 48.9 Å². The van der Waals surface area contributed by atoms with Crippen LogP contribution in [0.2, 0.25) is 0 Å². The lowest BCUT2D eigenvalue weighted by atomic mass is 10.2. The molecule has 0 heterocycles. The van der Waals surface area contributed by atoms with Crippen LogP contribution >= 0.6 is 0 Å². The maximum absolute atomic E-state index is 2.73. The highest BCUT2D eigenvalue weighted by molar-refractivity contribution is 6.44. The summed E-state index contributed by atoms with van der Waals surface area (Å²) < 4.78 is 3.79. The van der Waals surface area contributed by atoms with E-state index in [0.717, 1.165) is 0 Å². The quantitative estimate of drug-likeness (QED) is 0.410. The van der Waals surface area contributed by atoms with E-state index in [0.29, 0.717) is 0 Å². The number of hydrogen-bond acceptors (Lipinski definition) is 0. The Bertz CT molecular complexity index is 232. The average molecular weight is 170 g/mol. The van der Waals surface area contributed by atoms with Crippen molar-refractivity contribution in [2.45, 2.75) is 6.92 Å². The number of benzene rings is 1. The van der Waals surface area contributed by atoms with E-state index in [2.05, 4.69) is 67.9 Å². The minimum absolute atomic E-state index is 1.24. The van der Waals surface area contributed by atoms with Crippen LogP contribution in [0.15, 0.2) is 12.1 Å². The van der Waals surface area contributed by atoms with Gasteiger partial charge < -0.3 is 0 Å². The van der Waals surface area contributed by atoms with Gasteiger partial charge in [0.2, 0.25) is 0 Å². The molecule has 1 rings (SSSR count). The van der Waals surface area contributed by atoms with E-state index in [4.69, 9.17) is 0 Å². The molecule has 3 heteroatoms. The summed E-state index contributed by atoms with van der Waals surface area (Å²) in [6.45, 7) is 2.12. The zero-order valence-electron chi connectivity index (χ0n) is 5.89. The maximum atomic E-state index is 2.73. The maximum Gasteiger partial charge on any atom is 0.175 e. The van der Waals surface area contributed by atoms with Gasteiger partial charge in [-0.3, -0.25) is 0 Å². The van der Waals surface area contributed by atoms with Crippen LogP contribution in [0.1, 0.15) is 5.56 Å². The first-order valence-corrected chi connectivity index (χ1v) is 4.75. The fourth-order valence-corrected chi connectivity index (χ4v) is 2.41. The molecular weight excluding hydrogens is 165 g/mol. The van der Waals surface area contributed by atoms with Crippen molar-refractivity contribution in [2.24, 2.45) is 0 Å². The molecule has 0 aliphatic rings. The third-order valence-electron chi connectivity index (χ3n) is 1.51. The minimum atomic E-state index is 1.24. The molecule has 10 heavy (non-hydrogen) atoms. The molecule has 0 nitrogen and oxygen atoms in total. The Morgan fingerprint density at radius 3 is 1.80 bits per heavy atom. The van der Waals surface area contributed by atoms with Gasteiger partial charge in [0.05, 0.1) is 0 Å². The summed E-state index contributed by atoms with van der Waals surface area (Å²) in [5.41, 5.74) is 1.33. The normalized spacial score (nSPS) is 9.70. The lowest BCUT2D eigenvalue weighted by Crippen LogP contribution is -2.26. The lowest BCUT2D eigenvalue weighted by Gasteiger charge is -2.08. The number of hydrogen-bond donors (Lipinski definition) is 0. The van der Waals surface area contributed by atoms with Gasteiger partial charge >= 0.3 is 0 Å². The molecule has 0 N–H and O–H groups in total. The zero-order chi connectivity index (χ0) is 7.72. The average Bonchev–Trinajstić information content (AvgIpc) is 1.82. The topological polar surface area (TPSA) is 0 Å². The second-order valence-electron chi connectivity index (χ2n) is 2.32. The van der Waals surface area contributed by atoms with Crippen molar-refractivity contribution < 1.29 is 0 Å². The predicted octanol–water partition coefficient (Wildman–Crippen LogP) is -1.62. The van der Waals surface area contributed by atoms with Crippen LogP contribution in [0.25, 0.3) is 0 Å². The van der Waals surface area contributed by atoms with Crippen molar-refractivity contribution in [3.63, 3.8) is 0 Å². The van der Waals surface area contributed by atoms with Gasteiger partial charge in [0.1, 0.15) is 0 Å². The first-order valence-electron chi connectivity index (χ1n) is 3.02. The lowest BCUT2D eigenvalue weighted by molar-refractivity contribution is 1.58. The molecule has 1 aromatic rings. The fraction of sp³-hybridized carbons (Fsp3) is 0.143. The predicted molar refractivity (Wildman–Crippen MR) is 47.3 cm³/mol. The fourth-order valence-electron chi connectivity index (χ4n) is 0.784. The second-order valence-corrected chi connectivity index (χ2v) is 4.24. The van der Waals surface area contributed by atoms with Crippen LogP contribution in [0.3, 0.4) is 0 Å². The first kappa shape index (κ1) is 8.91. The van der Waals surface area contributed by atoms with Gasteiger partial charge in [-0.2, -0.15) is 0 Å². The van der Waals surface area contributed by atoms with E-state index in [9.17, 15) is 0 Å². The molecule has 0 fully saturated rings. The molecule has 0 aliphatic heterocycles. The van der Waals surface area contributed by atoms with Crippen molar-refractivity contribution in [3.8, 4) is 0 Å². The van der Waals surface area contributed by atoms with E-state index < -0.39 is 0 Å². The second kappa shape index (κ2) is 3.48. The van der Waals surface area contributed by atoms with E-state index in [1.807, 2.05) is 0 Å². The van der Waals surface area contributed by atoms with Gasteiger partial charge in [-0.05, 0) is 6.92 Å². The molecule has 0 unspecified atom stereocenters. The highest BCUT2D eigenvalue weighted by Gasteiger charge is 1.93. The standard InChI is InChI=1S/C7H5.3Al/c1-7-5-3-2-4-6-7;;;/h3-4H,1H3;;;. The molecule has 0 bridgehead atoms. The molecule has 1 aromatic carbocycles. The molecule has 0 atom stereocenters. The molecule has 0 spiro atoms. The van der Waals surface area contributed by atoms with Crippen molar-refractivity contribution in [1.29, 1.82) is 0 Å². The first-order chi connectivity index (χ1) is 4.61. The molecule has 0 saturated heterocycles. The summed E-state index contributed by atoms with van der Waals surface area (Å²) in [5, 5.41) is 0.